The zero-order chi connectivity index (χ0) is 15.2. The Hall–Kier alpha value is -2.31. The topological polar surface area (TPSA) is 62.7 Å². The summed E-state index contributed by atoms with van der Waals surface area (Å²) in [5, 5.41) is 13.6. The van der Waals surface area contributed by atoms with Crippen LogP contribution >= 0.6 is 0 Å². The van der Waals surface area contributed by atoms with Gasteiger partial charge in [-0.1, -0.05) is 13.8 Å². The number of nitrogens with one attached hydrogen (secondary N) is 2. The van der Waals surface area contributed by atoms with Crippen LogP contribution in [0.5, 0.6) is 0 Å². The minimum atomic E-state index is -0.919. The van der Waals surface area contributed by atoms with E-state index in [1.54, 1.807) is 0 Å². The number of benzene rings is 1. The second kappa shape index (κ2) is 6.92. The summed E-state index contributed by atoms with van der Waals surface area (Å²) in [6.07, 6.45) is 2.40. The van der Waals surface area contributed by atoms with E-state index < -0.39 is 11.6 Å². The zero-order valence-electron chi connectivity index (χ0n) is 11.9. The van der Waals surface area contributed by atoms with Crippen molar-refractivity contribution in [3.63, 3.8) is 0 Å². The minimum absolute atomic E-state index is 0.391. The van der Waals surface area contributed by atoms with Crippen molar-refractivity contribution in [3.05, 3.63) is 36.0 Å². The molecule has 2 aromatic rings. The molecule has 0 saturated carbocycles. The Morgan fingerprint density at radius 2 is 2.00 bits per heavy atom. The van der Waals surface area contributed by atoms with Crippen LogP contribution < -0.4 is 10.6 Å². The highest BCUT2D eigenvalue weighted by Crippen LogP contribution is 2.17. The quantitative estimate of drug-likeness (QED) is 0.855. The number of halogens is 2. The summed E-state index contributed by atoms with van der Waals surface area (Å²) in [4.78, 5) is 4.20. The SMILES string of the molecule is CC(C)CCNc1nncc(Nc2ccc(F)c(F)c2)n1. The summed E-state index contributed by atoms with van der Waals surface area (Å²) in [6.45, 7) is 5.00. The van der Waals surface area contributed by atoms with E-state index in [0.29, 0.717) is 23.4 Å². The molecule has 0 fully saturated rings. The van der Waals surface area contributed by atoms with E-state index in [0.717, 1.165) is 25.1 Å². The van der Waals surface area contributed by atoms with E-state index in [1.165, 1.54) is 12.3 Å². The second-order valence-corrected chi connectivity index (χ2v) is 5.03. The molecule has 0 atom stereocenters. The van der Waals surface area contributed by atoms with Crippen molar-refractivity contribution in [1.82, 2.24) is 15.2 Å². The number of nitrogens with zero attached hydrogens (tertiary/aromatic N) is 3. The summed E-state index contributed by atoms with van der Waals surface area (Å²) < 4.78 is 26.0. The molecular weight excluding hydrogens is 276 g/mol. The number of hydrogen-bond acceptors (Lipinski definition) is 5. The Balaban J connectivity index is 2.01. The minimum Gasteiger partial charge on any atom is -0.353 e. The Morgan fingerprint density at radius 3 is 2.71 bits per heavy atom. The first-order chi connectivity index (χ1) is 10.0. The van der Waals surface area contributed by atoms with Gasteiger partial charge in [0.05, 0.1) is 6.20 Å². The lowest BCUT2D eigenvalue weighted by molar-refractivity contribution is 0.509. The highest BCUT2D eigenvalue weighted by atomic mass is 19.2. The van der Waals surface area contributed by atoms with Gasteiger partial charge < -0.3 is 10.6 Å². The van der Waals surface area contributed by atoms with Gasteiger partial charge in [0.1, 0.15) is 0 Å². The molecule has 5 nitrogen and oxygen atoms in total. The Kier molecular flexibility index (Phi) is 4.97. The van der Waals surface area contributed by atoms with Crippen molar-refractivity contribution >= 4 is 17.5 Å². The molecule has 2 N–H and O–H groups in total. The molecule has 1 aromatic heterocycles. The molecular formula is C14H17F2N5. The van der Waals surface area contributed by atoms with E-state index in [4.69, 9.17) is 0 Å². The van der Waals surface area contributed by atoms with Gasteiger partial charge in [0.15, 0.2) is 17.5 Å². The fourth-order valence-electron chi connectivity index (χ4n) is 1.63. The lowest BCUT2D eigenvalue weighted by atomic mass is 10.1. The van der Waals surface area contributed by atoms with Gasteiger partial charge in [0.2, 0.25) is 5.95 Å². The van der Waals surface area contributed by atoms with Crippen LogP contribution in [0.4, 0.5) is 26.2 Å². The molecule has 112 valence electrons. The van der Waals surface area contributed by atoms with Gasteiger partial charge in [-0.05, 0) is 24.5 Å². The maximum atomic E-state index is 13.1. The Morgan fingerprint density at radius 1 is 1.19 bits per heavy atom. The Labute approximate surface area is 121 Å². The van der Waals surface area contributed by atoms with Gasteiger partial charge in [-0.3, -0.25) is 0 Å². The highest BCUT2D eigenvalue weighted by molar-refractivity contribution is 5.56. The van der Waals surface area contributed by atoms with Crippen molar-refractivity contribution in [2.75, 3.05) is 17.2 Å². The van der Waals surface area contributed by atoms with Crippen molar-refractivity contribution in [3.8, 4) is 0 Å². The summed E-state index contributed by atoms with van der Waals surface area (Å²) in [5.74, 6) is -0.435. The third-order valence-corrected chi connectivity index (χ3v) is 2.76. The van der Waals surface area contributed by atoms with Gasteiger partial charge in [-0.25, -0.2) is 8.78 Å². The summed E-state index contributed by atoms with van der Waals surface area (Å²) in [5.41, 5.74) is 0.391. The van der Waals surface area contributed by atoms with Gasteiger partial charge in [-0.2, -0.15) is 10.1 Å². The molecule has 1 aromatic carbocycles. The number of anilines is 3. The predicted molar refractivity (Wildman–Crippen MR) is 77.4 cm³/mol. The third kappa shape index (κ3) is 4.62. The van der Waals surface area contributed by atoms with E-state index in [-0.39, 0.29) is 0 Å². The van der Waals surface area contributed by atoms with Crippen molar-refractivity contribution in [2.45, 2.75) is 20.3 Å². The van der Waals surface area contributed by atoms with Crippen molar-refractivity contribution < 1.29 is 8.78 Å². The Bertz CT molecular complexity index is 604. The van der Waals surface area contributed by atoms with Gasteiger partial charge >= 0.3 is 0 Å². The smallest absolute Gasteiger partial charge is 0.244 e. The summed E-state index contributed by atoms with van der Waals surface area (Å²) in [6, 6.07) is 3.53. The largest absolute Gasteiger partial charge is 0.353 e. The normalized spacial score (nSPS) is 10.7. The fourth-order valence-corrected chi connectivity index (χ4v) is 1.63. The standard InChI is InChI=1S/C14H17F2N5/c1-9(2)5-6-17-14-20-13(8-18-21-14)19-10-3-4-11(15)12(16)7-10/h3-4,7-9H,5-6H2,1-2H3,(H2,17,19,20,21). The molecule has 0 radical (unpaired) electrons. The van der Waals surface area contributed by atoms with Gasteiger partial charge in [0.25, 0.3) is 0 Å². The number of hydrogen-bond donors (Lipinski definition) is 2. The zero-order valence-corrected chi connectivity index (χ0v) is 11.9. The maximum Gasteiger partial charge on any atom is 0.244 e. The maximum absolute atomic E-state index is 13.1. The average Bonchev–Trinajstić information content (AvgIpc) is 2.43. The first-order valence-electron chi connectivity index (χ1n) is 6.70. The molecule has 0 unspecified atom stereocenters. The molecule has 0 saturated heterocycles. The molecule has 0 aliphatic carbocycles. The van der Waals surface area contributed by atoms with E-state index in [2.05, 4.69) is 39.7 Å². The van der Waals surface area contributed by atoms with Crippen LogP contribution in [0.3, 0.4) is 0 Å². The average molecular weight is 293 g/mol. The van der Waals surface area contributed by atoms with Crippen LogP contribution in [0.15, 0.2) is 24.4 Å². The van der Waals surface area contributed by atoms with E-state index >= 15 is 0 Å². The number of rotatable bonds is 6. The van der Waals surface area contributed by atoms with Crippen LogP contribution in [0.25, 0.3) is 0 Å². The lowest BCUT2D eigenvalue weighted by Crippen LogP contribution is -2.09. The molecule has 1 heterocycles. The molecule has 0 aliphatic heterocycles. The lowest BCUT2D eigenvalue weighted by Gasteiger charge is -2.08. The van der Waals surface area contributed by atoms with Crippen LogP contribution in [0.1, 0.15) is 20.3 Å². The van der Waals surface area contributed by atoms with Crippen molar-refractivity contribution in [2.24, 2.45) is 5.92 Å². The van der Waals surface area contributed by atoms with Crippen molar-refractivity contribution in [1.29, 1.82) is 0 Å². The molecule has 0 bridgehead atoms. The first-order valence-corrected chi connectivity index (χ1v) is 6.70. The third-order valence-electron chi connectivity index (χ3n) is 2.76. The monoisotopic (exact) mass is 293 g/mol. The molecule has 0 aliphatic rings. The predicted octanol–water partition coefficient (Wildman–Crippen LogP) is 3.35. The van der Waals surface area contributed by atoms with Gasteiger partial charge in [-0.15, -0.1) is 5.10 Å². The summed E-state index contributed by atoms with van der Waals surface area (Å²) in [7, 11) is 0. The van der Waals surface area contributed by atoms with Gasteiger partial charge in [0, 0.05) is 18.3 Å². The fraction of sp³-hybridized carbons (Fsp3) is 0.357. The van der Waals surface area contributed by atoms with Crippen LogP contribution in [0, 0.1) is 17.6 Å². The van der Waals surface area contributed by atoms with E-state index in [9.17, 15) is 8.78 Å². The molecule has 2 rings (SSSR count). The highest BCUT2D eigenvalue weighted by Gasteiger charge is 2.05. The number of aromatic nitrogens is 3. The van der Waals surface area contributed by atoms with Crippen LogP contribution in [-0.4, -0.2) is 21.7 Å². The molecule has 0 amide bonds. The van der Waals surface area contributed by atoms with Crippen LogP contribution in [-0.2, 0) is 0 Å². The second-order valence-electron chi connectivity index (χ2n) is 5.03. The molecule has 0 spiro atoms. The van der Waals surface area contributed by atoms with E-state index in [1.807, 2.05) is 0 Å². The van der Waals surface area contributed by atoms with Crippen LogP contribution in [0.2, 0.25) is 0 Å². The molecule has 21 heavy (non-hydrogen) atoms. The summed E-state index contributed by atoms with van der Waals surface area (Å²) >= 11 is 0. The first kappa shape index (κ1) is 15.1. The molecule has 7 heteroatoms.